The smallest absolute Gasteiger partial charge is 0.229 e. The number of fused-ring (bicyclic) bond motifs is 1. The van der Waals surface area contributed by atoms with E-state index in [1.54, 1.807) is 32.0 Å². The Morgan fingerprint density at radius 1 is 1.27 bits per heavy atom. The van der Waals surface area contributed by atoms with Crippen molar-refractivity contribution in [3.63, 3.8) is 0 Å². The summed E-state index contributed by atoms with van der Waals surface area (Å²) in [5.74, 6) is -0.0733. The van der Waals surface area contributed by atoms with Crippen LogP contribution in [0.25, 0.3) is 5.57 Å². The molecule has 0 bridgehead atoms. The lowest BCUT2D eigenvalue weighted by Crippen LogP contribution is -2.34. The highest BCUT2D eigenvalue weighted by Gasteiger charge is 2.36. The van der Waals surface area contributed by atoms with Crippen molar-refractivity contribution >= 4 is 21.3 Å². The third-order valence-electron chi connectivity index (χ3n) is 3.87. The summed E-state index contributed by atoms with van der Waals surface area (Å²) in [6.07, 6.45) is 2.14. The molecule has 26 heavy (non-hydrogen) atoms. The van der Waals surface area contributed by atoms with Gasteiger partial charge < -0.3 is 4.74 Å². The predicted molar refractivity (Wildman–Crippen MR) is 95.4 cm³/mol. The van der Waals surface area contributed by atoms with Crippen molar-refractivity contribution in [2.75, 3.05) is 11.0 Å². The molecule has 0 atom stereocenters. The summed E-state index contributed by atoms with van der Waals surface area (Å²) in [5, 5.41) is 9.66. The molecule has 1 aliphatic heterocycles. The minimum absolute atomic E-state index is 0.342. The molecule has 6 nitrogen and oxygen atoms in total. The average Bonchev–Trinajstić information content (AvgIpc) is 2.52. The van der Waals surface area contributed by atoms with Gasteiger partial charge in [0.15, 0.2) is 0 Å². The van der Waals surface area contributed by atoms with Gasteiger partial charge in [0.25, 0.3) is 0 Å². The minimum Gasteiger partial charge on any atom is -0.482 e. The Kier molecular flexibility index (Phi) is 4.20. The van der Waals surface area contributed by atoms with Gasteiger partial charge in [-0.2, -0.15) is 5.26 Å². The van der Waals surface area contributed by atoms with E-state index in [2.05, 4.69) is 15.8 Å². The lowest BCUT2D eigenvalue weighted by molar-refractivity contribution is 0.149. The first kappa shape index (κ1) is 17.9. The molecular formula is C18H16FN3O3S. The van der Waals surface area contributed by atoms with E-state index in [9.17, 15) is 18.1 Å². The first-order valence-electron chi connectivity index (χ1n) is 7.69. The van der Waals surface area contributed by atoms with Crippen molar-refractivity contribution in [3.05, 3.63) is 59.2 Å². The van der Waals surface area contributed by atoms with E-state index in [0.717, 1.165) is 12.5 Å². The first-order chi connectivity index (χ1) is 12.1. The van der Waals surface area contributed by atoms with Crippen LogP contribution in [0.1, 0.15) is 25.1 Å². The van der Waals surface area contributed by atoms with Gasteiger partial charge in [0.05, 0.1) is 35.5 Å². The summed E-state index contributed by atoms with van der Waals surface area (Å²) in [6.45, 7) is 3.46. The Hall–Kier alpha value is -2.92. The van der Waals surface area contributed by atoms with Gasteiger partial charge in [0.2, 0.25) is 10.0 Å². The second kappa shape index (κ2) is 6.11. The van der Waals surface area contributed by atoms with Crippen LogP contribution in [0.2, 0.25) is 0 Å². The van der Waals surface area contributed by atoms with Gasteiger partial charge in [-0.1, -0.05) is 0 Å². The van der Waals surface area contributed by atoms with E-state index in [1.165, 1.54) is 12.1 Å². The molecule has 0 fully saturated rings. The van der Waals surface area contributed by atoms with Crippen LogP contribution < -0.4 is 9.46 Å². The quantitative estimate of drug-likeness (QED) is 0.893. The molecule has 134 valence electrons. The summed E-state index contributed by atoms with van der Waals surface area (Å²) in [5.41, 5.74) is 1.28. The first-order valence-corrected chi connectivity index (χ1v) is 9.58. The Balaban J connectivity index is 2.23. The molecule has 1 aromatic carbocycles. The Morgan fingerprint density at radius 3 is 2.58 bits per heavy atom. The lowest BCUT2D eigenvalue weighted by Gasteiger charge is -2.34. The zero-order valence-electron chi connectivity index (χ0n) is 14.4. The number of rotatable bonds is 3. The lowest BCUT2D eigenvalue weighted by atomic mass is 9.85. The van der Waals surface area contributed by atoms with Crippen LogP contribution in [0, 0.1) is 17.1 Å². The van der Waals surface area contributed by atoms with Crippen molar-refractivity contribution in [3.8, 4) is 11.8 Å². The molecule has 2 aromatic rings. The number of nitrogens with one attached hydrogen (secondary N) is 1. The monoisotopic (exact) mass is 373 g/mol. The fraction of sp³-hybridized carbons (Fsp3) is 0.222. The van der Waals surface area contributed by atoms with Gasteiger partial charge in [-0.25, -0.2) is 12.8 Å². The maximum absolute atomic E-state index is 13.3. The van der Waals surface area contributed by atoms with Crippen molar-refractivity contribution in [2.45, 2.75) is 19.4 Å². The van der Waals surface area contributed by atoms with E-state index in [0.29, 0.717) is 33.8 Å². The highest BCUT2D eigenvalue weighted by Crippen LogP contribution is 2.44. The summed E-state index contributed by atoms with van der Waals surface area (Å²) in [7, 11) is -3.44. The van der Waals surface area contributed by atoms with Crippen molar-refractivity contribution < 1.29 is 17.5 Å². The van der Waals surface area contributed by atoms with Crippen LogP contribution in [0.3, 0.4) is 0 Å². The zero-order valence-corrected chi connectivity index (χ0v) is 15.2. The number of hydrogen-bond donors (Lipinski definition) is 1. The number of aromatic nitrogens is 1. The van der Waals surface area contributed by atoms with Crippen LogP contribution >= 0.6 is 0 Å². The molecular weight excluding hydrogens is 357 g/mol. The molecule has 0 unspecified atom stereocenters. The van der Waals surface area contributed by atoms with Crippen molar-refractivity contribution in [1.29, 1.82) is 5.26 Å². The Morgan fingerprint density at radius 2 is 2.00 bits per heavy atom. The number of halogens is 1. The van der Waals surface area contributed by atoms with Crippen LogP contribution in [0.15, 0.2) is 42.1 Å². The fourth-order valence-electron chi connectivity index (χ4n) is 2.83. The Bertz CT molecular complexity index is 1050. The average molecular weight is 373 g/mol. The molecule has 2 heterocycles. The molecule has 0 spiro atoms. The molecule has 0 aliphatic carbocycles. The molecule has 1 N–H and O–H groups in total. The van der Waals surface area contributed by atoms with Gasteiger partial charge in [0.1, 0.15) is 17.2 Å². The molecule has 0 saturated heterocycles. The summed E-state index contributed by atoms with van der Waals surface area (Å²) < 4.78 is 44.5. The third kappa shape index (κ3) is 3.39. The third-order valence-corrected chi connectivity index (χ3v) is 4.47. The summed E-state index contributed by atoms with van der Waals surface area (Å²) >= 11 is 0. The maximum Gasteiger partial charge on any atom is 0.229 e. The van der Waals surface area contributed by atoms with Crippen molar-refractivity contribution in [2.24, 2.45) is 0 Å². The second-order valence-electron chi connectivity index (χ2n) is 6.42. The number of nitriles is 1. The Labute approximate surface area is 151 Å². The maximum atomic E-state index is 13.3. The molecule has 1 aliphatic rings. The van der Waals surface area contributed by atoms with Gasteiger partial charge in [-0.15, -0.1) is 0 Å². The summed E-state index contributed by atoms with van der Waals surface area (Å²) in [4.78, 5) is 4.10. The molecule has 0 saturated carbocycles. The number of pyridine rings is 1. The largest absolute Gasteiger partial charge is 0.482 e. The van der Waals surface area contributed by atoms with E-state index in [-0.39, 0.29) is 0 Å². The molecule has 8 heteroatoms. The number of ether oxygens (including phenoxy) is 1. The second-order valence-corrected chi connectivity index (χ2v) is 8.17. The van der Waals surface area contributed by atoms with Gasteiger partial charge in [0, 0.05) is 17.2 Å². The fourth-order valence-corrected chi connectivity index (χ4v) is 3.39. The number of benzene rings is 1. The van der Waals surface area contributed by atoms with Gasteiger partial charge in [-0.3, -0.25) is 9.71 Å². The van der Waals surface area contributed by atoms with Crippen LogP contribution in [0.4, 0.5) is 10.1 Å². The zero-order chi connectivity index (χ0) is 19.1. The standard InChI is InChI=1S/C18H16FN3O3S/c1-18(2)14(9-20)17(15-7-4-11(19)10-21-15)13-6-5-12(8-16(13)25-18)22-26(3,23)24/h4-8,10,22H,1-3H3. The number of anilines is 1. The number of hydrogen-bond acceptors (Lipinski definition) is 5. The predicted octanol–water partition coefficient (Wildman–Crippen LogP) is 3.09. The number of sulfonamides is 1. The van der Waals surface area contributed by atoms with Gasteiger partial charge in [-0.05, 0) is 38.1 Å². The van der Waals surface area contributed by atoms with E-state index in [4.69, 9.17) is 4.74 Å². The highest BCUT2D eigenvalue weighted by atomic mass is 32.2. The van der Waals surface area contributed by atoms with E-state index < -0.39 is 21.4 Å². The normalized spacial score (nSPS) is 15.7. The van der Waals surface area contributed by atoms with E-state index >= 15 is 0 Å². The highest BCUT2D eigenvalue weighted by molar-refractivity contribution is 7.92. The molecule has 3 rings (SSSR count). The van der Waals surface area contributed by atoms with E-state index in [1.807, 2.05) is 0 Å². The minimum atomic E-state index is -3.44. The van der Waals surface area contributed by atoms with Crippen LogP contribution in [0.5, 0.6) is 5.75 Å². The molecule has 0 amide bonds. The van der Waals surface area contributed by atoms with Crippen LogP contribution in [-0.2, 0) is 10.0 Å². The molecule has 1 aromatic heterocycles. The molecule has 0 radical (unpaired) electrons. The van der Waals surface area contributed by atoms with Crippen LogP contribution in [-0.4, -0.2) is 25.3 Å². The van der Waals surface area contributed by atoms with Crippen molar-refractivity contribution in [1.82, 2.24) is 4.98 Å². The number of nitrogens with zero attached hydrogens (tertiary/aromatic N) is 2. The van der Waals surface area contributed by atoms with Gasteiger partial charge >= 0.3 is 0 Å². The topological polar surface area (TPSA) is 92.1 Å². The SMILES string of the molecule is CC1(C)Oc2cc(NS(C)(=O)=O)ccc2C(c2ccc(F)cn2)=C1C#N. The summed E-state index contributed by atoms with van der Waals surface area (Å²) in [6, 6.07) is 9.70.